The van der Waals surface area contributed by atoms with E-state index in [1.54, 1.807) is 4.90 Å². The summed E-state index contributed by atoms with van der Waals surface area (Å²) >= 11 is 0. The van der Waals surface area contributed by atoms with E-state index in [9.17, 15) is 22.8 Å². The summed E-state index contributed by atoms with van der Waals surface area (Å²) in [5.41, 5.74) is -1.06. The van der Waals surface area contributed by atoms with Crippen LogP contribution in [0.3, 0.4) is 0 Å². The normalized spacial score (nSPS) is 15.8. The third-order valence-electron chi connectivity index (χ3n) is 4.47. The number of amides is 2. The molecule has 0 saturated carbocycles. The van der Waals surface area contributed by atoms with Gasteiger partial charge in [-0.05, 0) is 31.0 Å². The largest absolute Gasteiger partial charge is 0.416 e. The van der Waals surface area contributed by atoms with Crippen molar-refractivity contribution in [3.8, 4) is 0 Å². The second-order valence-corrected chi connectivity index (χ2v) is 6.65. The highest BCUT2D eigenvalue weighted by Crippen LogP contribution is 2.32. The van der Waals surface area contributed by atoms with Gasteiger partial charge < -0.3 is 15.0 Å². The summed E-state index contributed by atoms with van der Waals surface area (Å²) in [6.07, 6.45) is 0.209. The number of carbonyl (C=O) groups excluding carboxylic acids is 2. The van der Waals surface area contributed by atoms with Gasteiger partial charge in [0, 0.05) is 31.5 Å². The average molecular weight is 386 g/mol. The van der Waals surface area contributed by atoms with Crippen molar-refractivity contribution >= 4 is 17.5 Å². The molecule has 1 aromatic rings. The molecule has 1 aliphatic rings. The lowest BCUT2D eigenvalue weighted by atomic mass is 10.0. The molecule has 27 heavy (non-hydrogen) atoms. The van der Waals surface area contributed by atoms with Crippen LogP contribution in [0.4, 0.5) is 18.9 Å². The summed E-state index contributed by atoms with van der Waals surface area (Å²) in [6.45, 7) is 1.22. The van der Waals surface area contributed by atoms with Crippen LogP contribution in [0.15, 0.2) is 18.2 Å². The van der Waals surface area contributed by atoms with Gasteiger partial charge in [-0.3, -0.25) is 9.59 Å². The summed E-state index contributed by atoms with van der Waals surface area (Å²) in [5.74, 6) is -0.906. The van der Waals surface area contributed by atoms with E-state index >= 15 is 0 Å². The van der Waals surface area contributed by atoms with Crippen LogP contribution in [0.2, 0.25) is 0 Å². The maximum atomic E-state index is 13.3. The highest BCUT2D eigenvalue weighted by molar-refractivity contribution is 5.97. The molecule has 150 valence electrons. The van der Waals surface area contributed by atoms with Crippen LogP contribution in [-0.4, -0.2) is 43.5 Å². The SMILES string of the molecule is COCCC(=O)Nc1cc(C(=O)N2CCCCCCC2)cc(C(F)(F)F)c1. The second-order valence-electron chi connectivity index (χ2n) is 6.65. The smallest absolute Gasteiger partial charge is 0.384 e. The van der Waals surface area contributed by atoms with Gasteiger partial charge in [-0.2, -0.15) is 13.2 Å². The van der Waals surface area contributed by atoms with Gasteiger partial charge in [0.25, 0.3) is 5.91 Å². The first-order valence-electron chi connectivity index (χ1n) is 9.11. The maximum absolute atomic E-state index is 13.3. The third kappa shape index (κ3) is 6.53. The molecule has 2 amide bonds. The number of hydrogen-bond donors (Lipinski definition) is 1. The van der Waals surface area contributed by atoms with Crippen LogP contribution in [0.25, 0.3) is 0 Å². The molecule has 1 fully saturated rings. The molecular weight excluding hydrogens is 361 g/mol. The lowest BCUT2D eigenvalue weighted by Gasteiger charge is -2.25. The molecule has 0 aromatic heterocycles. The van der Waals surface area contributed by atoms with Crippen molar-refractivity contribution in [1.82, 2.24) is 4.90 Å². The van der Waals surface area contributed by atoms with Gasteiger partial charge in [0.05, 0.1) is 18.6 Å². The van der Waals surface area contributed by atoms with Gasteiger partial charge in [0.1, 0.15) is 0 Å². The molecule has 0 atom stereocenters. The van der Waals surface area contributed by atoms with E-state index in [1.807, 2.05) is 0 Å². The maximum Gasteiger partial charge on any atom is 0.416 e. The highest BCUT2D eigenvalue weighted by Gasteiger charge is 2.32. The van der Waals surface area contributed by atoms with Crippen LogP contribution < -0.4 is 5.32 Å². The summed E-state index contributed by atoms with van der Waals surface area (Å²) in [7, 11) is 1.43. The van der Waals surface area contributed by atoms with E-state index in [4.69, 9.17) is 4.74 Å². The molecule has 2 rings (SSSR count). The van der Waals surface area contributed by atoms with Gasteiger partial charge in [0.15, 0.2) is 0 Å². The Morgan fingerprint density at radius 2 is 1.70 bits per heavy atom. The molecule has 0 radical (unpaired) electrons. The Morgan fingerprint density at radius 1 is 1.07 bits per heavy atom. The van der Waals surface area contributed by atoms with Crippen LogP contribution in [-0.2, 0) is 15.7 Å². The topological polar surface area (TPSA) is 58.6 Å². The molecule has 0 unspecified atom stereocenters. The average Bonchev–Trinajstić information content (AvgIpc) is 2.58. The van der Waals surface area contributed by atoms with Crippen LogP contribution in [0.1, 0.15) is 54.4 Å². The van der Waals surface area contributed by atoms with Crippen LogP contribution >= 0.6 is 0 Å². The molecule has 1 saturated heterocycles. The molecule has 5 nitrogen and oxygen atoms in total. The van der Waals surface area contributed by atoms with Crippen molar-refractivity contribution in [2.24, 2.45) is 0 Å². The summed E-state index contributed by atoms with van der Waals surface area (Å²) < 4.78 is 44.6. The van der Waals surface area contributed by atoms with E-state index in [0.29, 0.717) is 13.1 Å². The minimum absolute atomic E-state index is 0.0160. The van der Waals surface area contributed by atoms with Crippen molar-refractivity contribution in [2.45, 2.75) is 44.7 Å². The molecule has 8 heteroatoms. The Morgan fingerprint density at radius 3 is 2.30 bits per heavy atom. The molecule has 0 bridgehead atoms. The van der Waals surface area contributed by atoms with E-state index in [2.05, 4.69) is 5.32 Å². The number of ether oxygens (including phenoxy) is 1. The molecule has 1 N–H and O–H groups in total. The Labute approximate surface area is 156 Å². The van der Waals surface area contributed by atoms with Crippen LogP contribution in [0.5, 0.6) is 0 Å². The Balaban J connectivity index is 2.26. The summed E-state index contributed by atoms with van der Waals surface area (Å²) in [6, 6.07) is 3.00. The first-order valence-corrected chi connectivity index (χ1v) is 9.11. The predicted octanol–water partition coefficient (Wildman–Crippen LogP) is 4.09. The first kappa shape index (κ1) is 21.2. The van der Waals surface area contributed by atoms with Gasteiger partial charge in [-0.25, -0.2) is 0 Å². The first-order chi connectivity index (χ1) is 12.8. The number of carbonyl (C=O) groups is 2. The van der Waals surface area contributed by atoms with E-state index < -0.39 is 23.6 Å². The number of benzene rings is 1. The van der Waals surface area contributed by atoms with Crippen molar-refractivity contribution in [1.29, 1.82) is 0 Å². The van der Waals surface area contributed by atoms with Gasteiger partial charge in [-0.15, -0.1) is 0 Å². The second kappa shape index (κ2) is 9.73. The standard InChI is InChI=1S/C19H25F3N2O3/c1-27-10-7-17(25)23-16-12-14(11-15(13-16)19(20,21)22)18(26)24-8-5-3-2-4-6-9-24/h11-13H,2-10H2,1H3,(H,23,25). The number of rotatable bonds is 5. The number of likely N-dealkylation sites (tertiary alicyclic amines) is 1. The molecule has 0 spiro atoms. The summed E-state index contributed by atoms with van der Waals surface area (Å²) in [5, 5.41) is 2.42. The number of nitrogens with zero attached hydrogens (tertiary/aromatic N) is 1. The van der Waals surface area contributed by atoms with E-state index in [0.717, 1.165) is 44.2 Å². The zero-order valence-corrected chi connectivity index (χ0v) is 15.4. The fraction of sp³-hybridized carbons (Fsp3) is 0.579. The number of alkyl halides is 3. The molecule has 1 aromatic carbocycles. The lowest BCUT2D eigenvalue weighted by molar-refractivity contribution is -0.137. The number of methoxy groups -OCH3 is 1. The number of nitrogens with one attached hydrogen (secondary N) is 1. The molecule has 0 aliphatic carbocycles. The number of hydrogen-bond acceptors (Lipinski definition) is 3. The summed E-state index contributed by atoms with van der Waals surface area (Å²) in [4.78, 5) is 26.2. The molecular formula is C19H25F3N2O3. The van der Waals surface area contributed by atoms with Gasteiger partial charge in [-0.1, -0.05) is 19.3 Å². The zero-order chi connectivity index (χ0) is 19.9. The Kier molecular flexibility index (Phi) is 7.65. The van der Waals surface area contributed by atoms with Crippen molar-refractivity contribution in [2.75, 3.05) is 32.1 Å². The van der Waals surface area contributed by atoms with Gasteiger partial charge in [0.2, 0.25) is 5.91 Å². The lowest BCUT2D eigenvalue weighted by Crippen LogP contribution is -2.34. The predicted molar refractivity (Wildman–Crippen MR) is 95.6 cm³/mol. The van der Waals surface area contributed by atoms with Crippen molar-refractivity contribution < 1.29 is 27.5 Å². The Bertz CT molecular complexity index is 654. The minimum atomic E-state index is -4.61. The van der Waals surface area contributed by atoms with E-state index in [1.165, 1.54) is 13.2 Å². The molecule has 1 aliphatic heterocycles. The quantitative estimate of drug-likeness (QED) is 0.829. The monoisotopic (exact) mass is 386 g/mol. The van der Waals surface area contributed by atoms with Gasteiger partial charge >= 0.3 is 6.18 Å². The number of anilines is 1. The van der Waals surface area contributed by atoms with E-state index in [-0.39, 0.29) is 24.3 Å². The zero-order valence-electron chi connectivity index (χ0n) is 15.4. The minimum Gasteiger partial charge on any atom is -0.384 e. The highest BCUT2D eigenvalue weighted by atomic mass is 19.4. The van der Waals surface area contributed by atoms with Crippen LogP contribution in [0, 0.1) is 0 Å². The fourth-order valence-electron chi connectivity index (χ4n) is 3.04. The van der Waals surface area contributed by atoms with Crippen molar-refractivity contribution in [3.05, 3.63) is 29.3 Å². The molecule has 1 heterocycles. The third-order valence-corrected chi connectivity index (χ3v) is 4.47. The fourth-order valence-corrected chi connectivity index (χ4v) is 3.04. The van der Waals surface area contributed by atoms with Crippen molar-refractivity contribution in [3.63, 3.8) is 0 Å². The Hall–Kier alpha value is -2.09. The number of halogens is 3.